The molecule has 0 fully saturated rings. The Morgan fingerprint density at radius 3 is 2.59 bits per heavy atom. The van der Waals surface area contributed by atoms with E-state index in [0.29, 0.717) is 20.9 Å². The molecule has 0 saturated carbocycles. The van der Waals surface area contributed by atoms with Gasteiger partial charge in [0.25, 0.3) is 5.91 Å². The van der Waals surface area contributed by atoms with Crippen LogP contribution >= 0.6 is 27.5 Å². The number of halogens is 2. The van der Waals surface area contributed by atoms with Gasteiger partial charge in [-0.15, -0.1) is 0 Å². The first kappa shape index (κ1) is 16.6. The molecule has 1 amide bonds. The molecule has 0 heterocycles. The summed E-state index contributed by atoms with van der Waals surface area (Å²) in [6.45, 7) is 1.87. The van der Waals surface area contributed by atoms with Crippen LogP contribution in [-0.4, -0.2) is 13.0 Å². The van der Waals surface area contributed by atoms with Gasteiger partial charge in [-0.25, -0.2) is 0 Å². The van der Waals surface area contributed by atoms with Crippen molar-refractivity contribution in [2.75, 3.05) is 12.4 Å². The van der Waals surface area contributed by atoms with Crippen molar-refractivity contribution in [1.29, 1.82) is 0 Å². The van der Waals surface area contributed by atoms with Gasteiger partial charge in [0, 0.05) is 11.1 Å². The van der Waals surface area contributed by atoms with Gasteiger partial charge in [-0.2, -0.15) is 0 Å². The third-order valence-corrected chi connectivity index (χ3v) is 4.04. The fraction of sp³-hybridized carbons (Fsp3) is 0.118. The van der Waals surface area contributed by atoms with E-state index >= 15 is 0 Å². The smallest absolute Gasteiger partial charge is 0.262 e. The third kappa shape index (κ3) is 4.12. The van der Waals surface area contributed by atoms with E-state index in [1.165, 1.54) is 7.11 Å². The molecule has 0 aliphatic carbocycles. The summed E-state index contributed by atoms with van der Waals surface area (Å²) in [6.07, 6.45) is 1.75. The number of hydrogen-bond acceptors (Lipinski definition) is 2. The molecule has 0 aliphatic heterocycles. The number of aryl methyl sites for hydroxylation is 1. The zero-order chi connectivity index (χ0) is 16.1. The van der Waals surface area contributed by atoms with Crippen LogP contribution in [0.5, 0.6) is 5.75 Å². The molecule has 2 rings (SSSR count). The van der Waals surface area contributed by atoms with E-state index in [9.17, 15) is 4.79 Å². The topological polar surface area (TPSA) is 38.3 Å². The zero-order valence-corrected chi connectivity index (χ0v) is 14.5. The molecular weight excluding hydrogens is 366 g/mol. The van der Waals surface area contributed by atoms with E-state index in [0.717, 1.165) is 11.1 Å². The molecule has 0 saturated heterocycles. The second-order valence-electron chi connectivity index (χ2n) is 4.66. The Morgan fingerprint density at radius 1 is 1.27 bits per heavy atom. The predicted molar refractivity (Wildman–Crippen MR) is 94.7 cm³/mol. The number of rotatable bonds is 4. The molecule has 0 spiro atoms. The number of hydrogen-bond donors (Lipinski definition) is 1. The molecule has 2 aromatic carbocycles. The van der Waals surface area contributed by atoms with Gasteiger partial charge in [0.05, 0.1) is 17.3 Å². The average Bonchev–Trinajstić information content (AvgIpc) is 2.51. The van der Waals surface area contributed by atoms with Crippen molar-refractivity contribution >= 4 is 45.2 Å². The van der Waals surface area contributed by atoms with Crippen LogP contribution in [0.15, 0.2) is 46.9 Å². The SMILES string of the molecule is COc1cc(Cl)c(C)cc1NC(=O)/C(Br)=C/c1ccccc1. The van der Waals surface area contributed by atoms with Crippen LogP contribution in [0, 0.1) is 6.92 Å². The van der Waals surface area contributed by atoms with E-state index in [2.05, 4.69) is 21.2 Å². The second kappa shape index (κ2) is 7.47. The van der Waals surface area contributed by atoms with Gasteiger partial charge in [-0.05, 0) is 46.1 Å². The summed E-state index contributed by atoms with van der Waals surface area (Å²) >= 11 is 9.36. The number of ether oxygens (including phenoxy) is 1. The van der Waals surface area contributed by atoms with E-state index in [4.69, 9.17) is 16.3 Å². The quantitative estimate of drug-likeness (QED) is 0.755. The lowest BCUT2D eigenvalue weighted by Gasteiger charge is -2.12. The van der Waals surface area contributed by atoms with E-state index in [-0.39, 0.29) is 5.91 Å². The summed E-state index contributed by atoms with van der Waals surface area (Å²) in [5.41, 5.74) is 2.37. The maximum absolute atomic E-state index is 12.3. The normalized spacial score (nSPS) is 11.2. The highest BCUT2D eigenvalue weighted by atomic mass is 79.9. The highest BCUT2D eigenvalue weighted by molar-refractivity contribution is 9.12. The van der Waals surface area contributed by atoms with Crippen LogP contribution in [0.2, 0.25) is 5.02 Å². The van der Waals surface area contributed by atoms with Gasteiger partial charge in [-0.1, -0.05) is 41.9 Å². The predicted octanol–water partition coefficient (Wildman–Crippen LogP) is 5.03. The minimum atomic E-state index is -0.260. The van der Waals surface area contributed by atoms with Crippen LogP contribution < -0.4 is 10.1 Å². The summed E-state index contributed by atoms with van der Waals surface area (Å²) in [6, 6.07) is 13.0. The number of amides is 1. The first-order valence-corrected chi connectivity index (χ1v) is 7.76. The van der Waals surface area contributed by atoms with Gasteiger partial charge >= 0.3 is 0 Å². The minimum absolute atomic E-state index is 0.260. The summed E-state index contributed by atoms with van der Waals surface area (Å²) in [5, 5.41) is 3.40. The monoisotopic (exact) mass is 379 g/mol. The summed E-state index contributed by atoms with van der Waals surface area (Å²) in [5.74, 6) is 0.257. The molecule has 2 aromatic rings. The van der Waals surface area contributed by atoms with Crippen molar-refractivity contribution in [3.63, 3.8) is 0 Å². The fourth-order valence-corrected chi connectivity index (χ4v) is 2.39. The van der Waals surface area contributed by atoms with Crippen molar-refractivity contribution in [2.45, 2.75) is 6.92 Å². The van der Waals surface area contributed by atoms with Gasteiger partial charge in [0.1, 0.15) is 5.75 Å². The molecule has 5 heteroatoms. The molecule has 0 aliphatic rings. The molecule has 0 unspecified atom stereocenters. The van der Waals surface area contributed by atoms with Crippen molar-refractivity contribution in [3.8, 4) is 5.75 Å². The van der Waals surface area contributed by atoms with Gasteiger partial charge in [0.2, 0.25) is 0 Å². The second-order valence-corrected chi connectivity index (χ2v) is 5.92. The van der Waals surface area contributed by atoms with Crippen molar-refractivity contribution in [2.24, 2.45) is 0 Å². The lowest BCUT2D eigenvalue weighted by Crippen LogP contribution is -2.12. The van der Waals surface area contributed by atoms with E-state index < -0.39 is 0 Å². The van der Waals surface area contributed by atoms with Crippen LogP contribution in [0.3, 0.4) is 0 Å². The molecule has 0 atom stereocenters. The van der Waals surface area contributed by atoms with Crippen LogP contribution in [0.4, 0.5) is 5.69 Å². The van der Waals surface area contributed by atoms with Gasteiger partial charge in [-0.3, -0.25) is 4.79 Å². The lowest BCUT2D eigenvalue weighted by atomic mass is 10.2. The Labute approximate surface area is 143 Å². The van der Waals surface area contributed by atoms with Crippen LogP contribution in [0.25, 0.3) is 6.08 Å². The van der Waals surface area contributed by atoms with Crippen molar-refractivity contribution < 1.29 is 9.53 Å². The minimum Gasteiger partial charge on any atom is -0.495 e. The summed E-state index contributed by atoms with van der Waals surface area (Å²) < 4.78 is 5.67. The molecule has 0 bridgehead atoms. The molecule has 0 aromatic heterocycles. The molecule has 0 radical (unpaired) electrons. The number of carbonyl (C=O) groups excluding carboxylic acids is 1. The molecule has 22 heavy (non-hydrogen) atoms. The van der Waals surface area contributed by atoms with E-state index in [1.807, 2.05) is 37.3 Å². The standard InChI is InChI=1S/C17H15BrClNO2/c1-11-8-15(16(22-2)10-14(11)19)20-17(21)13(18)9-12-6-4-3-5-7-12/h3-10H,1-2H3,(H,20,21)/b13-9-. The average molecular weight is 381 g/mol. The maximum atomic E-state index is 12.3. The lowest BCUT2D eigenvalue weighted by molar-refractivity contribution is -0.112. The first-order valence-electron chi connectivity index (χ1n) is 6.59. The fourth-order valence-electron chi connectivity index (χ4n) is 1.87. The van der Waals surface area contributed by atoms with E-state index in [1.54, 1.807) is 18.2 Å². The largest absolute Gasteiger partial charge is 0.495 e. The number of anilines is 1. The highest BCUT2D eigenvalue weighted by Gasteiger charge is 2.12. The van der Waals surface area contributed by atoms with Crippen LogP contribution in [0.1, 0.15) is 11.1 Å². The molecule has 114 valence electrons. The number of methoxy groups -OCH3 is 1. The van der Waals surface area contributed by atoms with Crippen molar-refractivity contribution in [1.82, 2.24) is 0 Å². The third-order valence-electron chi connectivity index (χ3n) is 3.04. The molecular formula is C17H15BrClNO2. The van der Waals surface area contributed by atoms with Gasteiger partial charge < -0.3 is 10.1 Å². The molecule has 1 N–H and O–H groups in total. The summed E-state index contributed by atoms with van der Waals surface area (Å²) in [4.78, 5) is 12.3. The Bertz CT molecular complexity index is 714. The molecule has 3 nitrogen and oxygen atoms in total. The highest BCUT2D eigenvalue weighted by Crippen LogP contribution is 2.31. The first-order chi connectivity index (χ1) is 10.5. The maximum Gasteiger partial charge on any atom is 0.262 e. The number of benzene rings is 2. The number of carbonyl (C=O) groups is 1. The summed E-state index contributed by atoms with van der Waals surface area (Å²) in [7, 11) is 1.53. The Morgan fingerprint density at radius 2 is 1.95 bits per heavy atom. The number of nitrogens with one attached hydrogen (secondary N) is 1. The van der Waals surface area contributed by atoms with Gasteiger partial charge in [0.15, 0.2) is 0 Å². The Hall–Kier alpha value is -1.78. The zero-order valence-electron chi connectivity index (χ0n) is 12.2. The van der Waals surface area contributed by atoms with Crippen molar-refractivity contribution in [3.05, 3.63) is 63.1 Å². The Balaban J connectivity index is 2.22. The van der Waals surface area contributed by atoms with Crippen LogP contribution in [-0.2, 0) is 4.79 Å². The Kier molecular flexibility index (Phi) is 5.63.